The minimum Gasteiger partial charge on any atom is -0.455 e. The highest BCUT2D eigenvalue weighted by Gasteiger charge is 2.09. The van der Waals surface area contributed by atoms with Crippen LogP contribution in [-0.4, -0.2) is 17.1 Å². The molecule has 5 heteroatoms. The van der Waals surface area contributed by atoms with E-state index in [1.807, 2.05) is 61.5 Å². The SMILES string of the molecule is CC(CC(N)=NO)Nc1ccccc1Oc1ccccc1. The van der Waals surface area contributed by atoms with Crippen molar-refractivity contribution in [3.8, 4) is 11.5 Å². The first-order valence-corrected chi connectivity index (χ1v) is 6.74. The molecule has 0 heterocycles. The summed E-state index contributed by atoms with van der Waals surface area (Å²) in [4.78, 5) is 0. The minimum atomic E-state index is 0.0152. The van der Waals surface area contributed by atoms with E-state index in [9.17, 15) is 0 Å². The molecular weight excluding hydrogens is 266 g/mol. The lowest BCUT2D eigenvalue weighted by molar-refractivity contribution is 0.316. The molecule has 4 N–H and O–H groups in total. The molecule has 0 aliphatic carbocycles. The van der Waals surface area contributed by atoms with Crippen molar-refractivity contribution < 1.29 is 9.94 Å². The van der Waals surface area contributed by atoms with Gasteiger partial charge in [0.05, 0.1) is 5.69 Å². The summed E-state index contributed by atoms with van der Waals surface area (Å²) < 4.78 is 5.87. The number of ether oxygens (including phenoxy) is 1. The Labute approximate surface area is 124 Å². The minimum absolute atomic E-state index is 0.0152. The zero-order valence-electron chi connectivity index (χ0n) is 11.9. The number of oxime groups is 1. The largest absolute Gasteiger partial charge is 0.455 e. The number of hydrogen-bond acceptors (Lipinski definition) is 4. The van der Waals surface area contributed by atoms with Gasteiger partial charge in [0.2, 0.25) is 0 Å². The molecule has 2 aromatic carbocycles. The van der Waals surface area contributed by atoms with E-state index >= 15 is 0 Å². The molecule has 1 atom stereocenters. The maximum atomic E-state index is 8.61. The second-order valence-corrected chi connectivity index (χ2v) is 4.75. The summed E-state index contributed by atoms with van der Waals surface area (Å²) in [6.07, 6.45) is 0.441. The van der Waals surface area contributed by atoms with Crippen LogP contribution in [0, 0.1) is 0 Å². The van der Waals surface area contributed by atoms with E-state index in [-0.39, 0.29) is 11.9 Å². The topological polar surface area (TPSA) is 79.9 Å². The van der Waals surface area contributed by atoms with E-state index < -0.39 is 0 Å². The van der Waals surface area contributed by atoms with Gasteiger partial charge in [0.1, 0.15) is 11.6 Å². The Morgan fingerprint density at radius 2 is 1.86 bits per heavy atom. The Bertz CT molecular complexity index is 599. The first-order chi connectivity index (χ1) is 10.2. The molecule has 0 aromatic heterocycles. The average molecular weight is 285 g/mol. The van der Waals surface area contributed by atoms with Crippen LogP contribution in [-0.2, 0) is 0 Å². The number of rotatable bonds is 6. The van der Waals surface area contributed by atoms with Crippen LogP contribution < -0.4 is 15.8 Å². The van der Waals surface area contributed by atoms with Crippen molar-refractivity contribution in [2.75, 3.05) is 5.32 Å². The lowest BCUT2D eigenvalue weighted by atomic mass is 10.2. The molecule has 5 nitrogen and oxygen atoms in total. The van der Waals surface area contributed by atoms with E-state index in [0.29, 0.717) is 6.42 Å². The number of hydrogen-bond donors (Lipinski definition) is 3. The zero-order chi connectivity index (χ0) is 15.1. The third-order valence-electron chi connectivity index (χ3n) is 2.90. The van der Waals surface area contributed by atoms with Gasteiger partial charge < -0.3 is 21.0 Å². The number of anilines is 1. The van der Waals surface area contributed by atoms with E-state index in [2.05, 4.69) is 10.5 Å². The summed E-state index contributed by atoms with van der Waals surface area (Å²) >= 11 is 0. The van der Waals surface area contributed by atoms with Gasteiger partial charge in [-0.05, 0) is 31.2 Å². The monoisotopic (exact) mass is 285 g/mol. The summed E-state index contributed by atoms with van der Waals surface area (Å²) in [6.45, 7) is 1.96. The first kappa shape index (κ1) is 14.7. The van der Waals surface area contributed by atoms with Crippen LogP contribution in [0.3, 0.4) is 0 Å². The van der Waals surface area contributed by atoms with Crippen molar-refractivity contribution in [2.45, 2.75) is 19.4 Å². The summed E-state index contributed by atoms with van der Waals surface area (Å²) in [5, 5.41) is 14.9. The van der Waals surface area contributed by atoms with Crippen LogP contribution >= 0.6 is 0 Å². The van der Waals surface area contributed by atoms with E-state index in [0.717, 1.165) is 17.2 Å². The molecule has 0 fully saturated rings. The van der Waals surface area contributed by atoms with Crippen LogP contribution in [0.1, 0.15) is 13.3 Å². The molecule has 0 saturated carbocycles. The maximum Gasteiger partial charge on any atom is 0.150 e. The fraction of sp³-hybridized carbons (Fsp3) is 0.188. The predicted molar refractivity (Wildman–Crippen MR) is 84.1 cm³/mol. The van der Waals surface area contributed by atoms with Crippen molar-refractivity contribution in [1.29, 1.82) is 0 Å². The molecule has 1 unspecified atom stereocenters. The van der Waals surface area contributed by atoms with Crippen molar-refractivity contribution in [3.05, 3.63) is 54.6 Å². The Hall–Kier alpha value is -2.69. The van der Waals surface area contributed by atoms with Gasteiger partial charge in [-0.3, -0.25) is 0 Å². The van der Waals surface area contributed by atoms with E-state index in [4.69, 9.17) is 15.7 Å². The van der Waals surface area contributed by atoms with Crippen molar-refractivity contribution in [2.24, 2.45) is 10.9 Å². The number of nitrogens with two attached hydrogens (primary N) is 1. The predicted octanol–water partition coefficient (Wildman–Crippen LogP) is 3.42. The third kappa shape index (κ3) is 4.42. The lowest BCUT2D eigenvalue weighted by Gasteiger charge is -2.17. The highest BCUT2D eigenvalue weighted by molar-refractivity contribution is 5.80. The molecular formula is C16H19N3O2. The van der Waals surface area contributed by atoms with Gasteiger partial charge in [0.25, 0.3) is 0 Å². The van der Waals surface area contributed by atoms with Crippen molar-refractivity contribution in [1.82, 2.24) is 0 Å². The highest BCUT2D eigenvalue weighted by atomic mass is 16.5. The molecule has 0 spiro atoms. The maximum absolute atomic E-state index is 8.61. The second kappa shape index (κ2) is 7.19. The van der Waals surface area contributed by atoms with Gasteiger partial charge in [-0.1, -0.05) is 35.5 Å². The Morgan fingerprint density at radius 1 is 1.19 bits per heavy atom. The molecule has 110 valence electrons. The molecule has 2 aromatic rings. The van der Waals surface area contributed by atoms with Crippen molar-refractivity contribution in [3.63, 3.8) is 0 Å². The number of nitrogens with zero attached hydrogens (tertiary/aromatic N) is 1. The van der Waals surface area contributed by atoms with Gasteiger partial charge in [-0.2, -0.15) is 0 Å². The molecule has 0 radical (unpaired) electrons. The highest BCUT2D eigenvalue weighted by Crippen LogP contribution is 2.29. The number of nitrogens with one attached hydrogen (secondary N) is 1. The molecule has 0 aliphatic heterocycles. The normalized spacial score (nSPS) is 12.7. The van der Waals surface area contributed by atoms with E-state index in [1.165, 1.54) is 0 Å². The average Bonchev–Trinajstić information content (AvgIpc) is 2.50. The lowest BCUT2D eigenvalue weighted by Crippen LogP contribution is -2.24. The molecule has 0 amide bonds. The summed E-state index contributed by atoms with van der Waals surface area (Å²) in [5.74, 6) is 1.70. The third-order valence-corrected chi connectivity index (χ3v) is 2.90. The van der Waals surface area contributed by atoms with Gasteiger partial charge in [-0.25, -0.2) is 0 Å². The van der Waals surface area contributed by atoms with Gasteiger partial charge in [0.15, 0.2) is 5.75 Å². The quantitative estimate of drug-likeness (QED) is 0.329. The molecule has 0 saturated heterocycles. The zero-order valence-corrected chi connectivity index (χ0v) is 11.9. The summed E-state index contributed by atoms with van der Waals surface area (Å²) in [6, 6.07) is 17.3. The Kier molecular flexibility index (Phi) is 5.04. The van der Waals surface area contributed by atoms with Gasteiger partial charge in [-0.15, -0.1) is 0 Å². The van der Waals surface area contributed by atoms with E-state index in [1.54, 1.807) is 0 Å². The Morgan fingerprint density at radius 3 is 2.57 bits per heavy atom. The number of amidine groups is 1. The number of benzene rings is 2. The molecule has 0 bridgehead atoms. The van der Waals surface area contributed by atoms with Crippen LogP contribution in [0.25, 0.3) is 0 Å². The van der Waals surface area contributed by atoms with Gasteiger partial charge in [0, 0.05) is 12.5 Å². The summed E-state index contributed by atoms with van der Waals surface area (Å²) in [5.41, 5.74) is 6.38. The fourth-order valence-corrected chi connectivity index (χ4v) is 1.96. The fourth-order valence-electron chi connectivity index (χ4n) is 1.96. The smallest absolute Gasteiger partial charge is 0.150 e. The Balaban J connectivity index is 2.10. The van der Waals surface area contributed by atoms with Crippen LogP contribution in [0.15, 0.2) is 59.8 Å². The molecule has 2 rings (SSSR count). The van der Waals surface area contributed by atoms with Gasteiger partial charge >= 0.3 is 0 Å². The van der Waals surface area contributed by atoms with Crippen LogP contribution in [0.2, 0.25) is 0 Å². The number of para-hydroxylation sites is 3. The van der Waals surface area contributed by atoms with Crippen molar-refractivity contribution >= 4 is 11.5 Å². The second-order valence-electron chi connectivity index (χ2n) is 4.75. The van der Waals surface area contributed by atoms with Crippen LogP contribution in [0.5, 0.6) is 11.5 Å². The standard InChI is InChI=1S/C16H19N3O2/c1-12(11-16(17)19-20)18-14-9-5-6-10-15(14)21-13-7-3-2-4-8-13/h2-10,12,18,20H,11H2,1H3,(H2,17,19). The molecule has 0 aliphatic rings. The summed E-state index contributed by atoms with van der Waals surface area (Å²) in [7, 11) is 0. The molecule has 21 heavy (non-hydrogen) atoms. The van der Waals surface area contributed by atoms with Crippen LogP contribution in [0.4, 0.5) is 5.69 Å². The first-order valence-electron chi connectivity index (χ1n) is 6.74.